The van der Waals surface area contributed by atoms with Crippen molar-refractivity contribution in [2.24, 2.45) is 22.9 Å². The van der Waals surface area contributed by atoms with E-state index in [0.717, 1.165) is 17.5 Å². The molecular weight excluding hydrogens is 572 g/mol. The summed E-state index contributed by atoms with van der Waals surface area (Å²) in [7, 11) is 0. The maximum absolute atomic E-state index is 13.2. The highest BCUT2D eigenvalue weighted by Crippen LogP contribution is 2.17. The lowest BCUT2D eigenvalue weighted by atomic mass is 9.95. The maximum Gasteiger partial charge on any atom is 0.223 e. The Morgan fingerprint density at radius 2 is 1.09 bits per heavy atom. The van der Waals surface area contributed by atoms with Gasteiger partial charge in [0.05, 0.1) is 0 Å². The molecule has 0 radical (unpaired) electrons. The van der Waals surface area contributed by atoms with Gasteiger partial charge < -0.3 is 43.4 Å². The number of nitrogens with zero attached hydrogens (tertiary/aromatic N) is 2. The molecule has 10 N–H and O–H groups in total. The molecule has 1 aromatic carbocycles. The molecule has 0 spiro atoms. The quantitative estimate of drug-likeness (QED) is 0.0973. The average Bonchev–Trinajstić information content (AvgIpc) is 2.99. The number of rotatable bonds is 23. The van der Waals surface area contributed by atoms with Gasteiger partial charge in [0.25, 0.3) is 0 Å². The van der Waals surface area contributed by atoms with E-state index in [1.807, 2.05) is 52.0 Å². The second kappa shape index (κ2) is 20.9. The van der Waals surface area contributed by atoms with Crippen molar-refractivity contribution in [2.45, 2.75) is 110 Å². The van der Waals surface area contributed by atoms with Gasteiger partial charge in [0.1, 0.15) is 0 Å². The van der Waals surface area contributed by atoms with Gasteiger partial charge in [0, 0.05) is 76.0 Å². The zero-order valence-corrected chi connectivity index (χ0v) is 28.2. The van der Waals surface area contributed by atoms with Crippen LogP contribution in [-0.2, 0) is 32.3 Å². The van der Waals surface area contributed by atoms with Crippen LogP contribution >= 0.6 is 0 Å². The van der Waals surface area contributed by atoms with Crippen molar-refractivity contribution >= 4 is 23.6 Å². The summed E-state index contributed by atoms with van der Waals surface area (Å²) in [6.07, 6.45) is 3.86. The van der Waals surface area contributed by atoms with Crippen LogP contribution in [0.5, 0.6) is 0 Å². The molecule has 0 aromatic heterocycles. The maximum atomic E-state index is 13.2. The minimum atomic E-state index is -0.444. The van der Waals surface area contributed by atoms with Crippen LogP contribution in [0, 0.1) is 0 Å². The molecule has 45 heavy (non-hydrogen) atoms. The number of benzene rings is 1. The molecule has 0 aliphatic heterocycles. The van der Waals surface area contributed by atoms with Crippen LogP contribution in [0.25, 0.3) is 0 Å². The van der Waals surface area contributed by atoms with Crippen molar-refractivity contribution in [1.29, 1.82) is 0 Å². The van der Waals surface area contributed by atoms with Gasteiger partial charge in [0.2, 0.25) is 23.6 Å². The minimum absolute atomic E-state index is 0.104. The Kier molecular flexibility index (Phi) is 18.5. The van der Waals surface area contributed by atoms with Gasteiger partial charge in [-0.25, -0.2) is 0 Å². The molecule has 4 amide bonds. The molecule has 0 aliphatic carbocycles. The van der Waals surface area contributed by atoms with Crippen LogP contribution in [-0.4, -0.2) is 83.8 Å². The molecule has 0 bridgehead atoms. The monoisotopic (exact) mass is 632 g/mol. The third-order valence-electron chi connectivity index (χ3n) is 7.80. The second-order valence-electron chi connectivity index (χ2n) is 12.9. The van der Waals surface area contributed by atoms with Crippen molar-refractivity contribution in [2.75, 3.05) is 39.3 Å². The topological polar surface area (TPSA) is 203 Å². The highest BCUT2D eigenvalue weighted by atomic mass is 16.2. The van der Waals surface area contributed by atoms with Crippen LogP contribution in [0.3, 0.4) is 0 Å². The van der Waals surface area contributed by atoms with Crippen molar-refractivity contribution in [1.82, 2.24) is 20.4 Å². The van der Waals surface area contributed by atoms with Crippen molar-refractivity contribution in [3.05, 3.63) is 35.4 Å². The molecule has 256 valence electrons. The van der Waals surface area contributed by atoms with E-state index < -0.39 is 11.1 Å². The molecule has 0 fully saturated rings. The summed E-state index contributed by atoms with van der Waals surface area (Å²) in [6.45, 7) is 11.5. The molecule has 0 saturated carbocycles. The van der Waals surface area contributed by atoms with Gasteiger partial charge in [-0.1, -0.05) is 31.2 Å². The number of carbonyl (C=O) groups excluding carboxylic acids is 4. The number of hydrogen-bond donors (Lipinski definition) is 6. The average molecular weight is 633 g/mol. The smallest absolute Gasteiger partial charge is 0.223 e. The van der Waals surface area contributed by atoms with Gasteiger partial charge in [-0.3, -0.25) is 19.2 Å². The Morgan fingerprint density at radius 3 is 1.44 bits per heavy atom. The zero-order valence-electron chi connectivity index (χ0n) is 28.2. The Balaban J connectivity index is 2.93. The predicted molar refractivity (Wildman–Crippen MR) is 179 cm³/mol. The first-order chi connectivity index (χ1) is 21.2. The molecule has 12 nitrogen and oxygen atoms in total. The fourth-order valence-electron chi connectivity index (χ4n) is 4.36. The van der Waals surface area contributed by atoms with Crippen LogP contribution in [0.1, 0.15) is 96.6 Å². The lowest BCUT2D eigenvalue weighted by Crippen LogP contribution is -2.41. The van der Waals surface area contributed by atoms with Gasteiger partial charge in [-0.2, -0.15) is 0 Å². The number of nitrogens with one attached hydrogen (secondary N) is 2. The van der Waals surface area contributed by atoms with Crippen molar-refractivity contribution < 1.29 is 19.2 Å². The van der Waals surface area contributed by atoms with Crippen molar-refractivity contribution in [3.63, 3.8) is 0 Å². The Hall–Kier alpha value is -3.06. The molecule has 1 rings (SSSR count). The van der Waals surface area contributed by atoms with E-state index in [1.54, 1.807) is 9.80 Å². The Morgan fingerprint density at radius 1 is 0.689 bits per heavy atom. The largest absolute Gasteiger partial charge is 0.356 e. The van der Waals surface area contributed by atoms with E-state index in [-0.39, 0.29) is 49.3 Å². The van der Waals surface area contributed by atoms with Crippen molar-refractivity contribution in [3.8, 4) is 0 Å². The van der Waals surface area contributed by atoms with Gasteiger partial charge in [-0.15, -0.1) is 0 Å². The third-order valence-corrected chi connectivity index (χ3v) is 7.80. The fraction of sp³-hybridized carbons (Fsp3) is 0.697. The zero-order chi connectivity index (χ0) is 33.9. The van der Waals surface area contributed by atoms with Gasteiger partial charge >= 0.3 is 0 Å². The van der Waals surface area contributed by atoms with E-state index in [4.69, 9.17) is 22.9 Å². The SMILES string of the molecule is CCC(C)(N)CCN(Cc1ccc(CN(CCC(C)(C)N)C(=O)CCC(=O)NCCCN)cc1)C(=O)CCC(=O)NCCCN. The summed E-state index contributed by atoms with van der Waals surface area (Å²) >= 11 is 0. The van der Waals surface area contributed by atoms with Gasteiger partial charge in [-0.05, 0) is 77.1 Å². The van der Waals surface area contributed by atoms with E-state index >= 15 is 0 Å². The molecule has 12 heteroatoms. The number of carbonyl (C=O) groups is 4. The summed E-state index contributed by atoms with van der Waals surface area (Å²) in [5, 5.41) is 5.58. The summed E-state index contributed by atoms with van der Waals surface area (Å²) in [6, 6.07) is 7.82. The van der Waals surface area contributed by atoms with Crippen LogP contribution in [0.15, 0.2) is 24.3 Å². The van der Waals surface area contributed by atoms with E-state index in [0.29, 0.717) is 78.0 Å². The normalized spacial score (nSPS) is 12.7. The van der Waals surface area contributed by atoms with E-state index in [2.05, 4.69) is 10.6 Å². The molecule has 0 aliphatic rings. The number of nitrogens with two attached hydrogens (primary N) is 4. The van der Waals surface area contributed by atoms with Crippen LogP contribution in [0.2, 0.25) is 0 Å². The first-order valence-corrected chi connectivity index (χ1v) is 16.3. The standard InChI is InChI=1S/C33H60N8O4/c1-5-33(4,37)17-23-41(31(45)15-13-29(43)39-21-7-19-35)25-27-10-8-26(9-11-27)24-40(22-16-32(2,3)36)30(44)14-12-28(42)38-20-6-18-34/h8-11H,5-7,12-25,34-37H2,1-4H3,(H,38,42)(H,39,43). The number of amides is 4. The Labute approximate surface area is 270 Å². The highest BCUT2D eigenvalue weighted by molar-refractivity contribution is 5.84. The molecule has 0 heterocycles. The summed E-state index contributed by atoms with van der Waals surface area (Å²) in [5.74, 6) is -0.543. The summed E-state index contributed by atoms with van der Waals surface area (Å²) < 4.78 is 0. The predicted octanol–water partition coefficient (Wildman–Crippen LogP) is 1.48. The fourth-order valence-corrected chi connectivity index (χ4v) is 4.36. The van der Waals surface area contributed by atoms with Crippen LogP contribution < -0.4 is 33.6 Å². The summed E-state index contributed by atoms with van der Waals surface area (Å²) in [4.78, 5) is 54.2. The highest BCUT2D eigenvalue weighted by Gasteiger charge is 2.22. The third kappa shape index (κ3) is 18.5. The van der Waals surface area contributed by atoms with Crippen LogP contribution in [0.4, 0.5) is 0 Å². The lowest BCUT2D eigenvalue weighted by Gasteiger charge is -2.29. The molecular formula is C33H60N8O4. The minimum Gasteiger partial charge on any atom is -0.356 e. The lowest BCUT2D eigenvalue weighted by molar-refractivity contribution is -0.134. The van der Waals surface area contributed by atoms with E-state index in [1.165, 1.54) is 0 Å². The number of hydrogen-bond acceptors (Lipinski definition) is 8. The second-order valence-corrected chi connectivity index (χ2v) is 12.9. The first kappa shape index (κ1) is 40.0. The van der Waals surface area contributed by atoms with Gasteiger partial charge in [0.15, 0.2) is 0 Å². The summed E-state index contributed by atoms with van der Waals surface area (Å²) in [5.41, 5.74) is 24.6. The van der Waals surface area contributed by atoms with E-state index in [9.17, 15) is 19.2 Å². The Bertz CT molecular complexity index is 1040. The molecule has 1 aromatic rings. The first-order valence-electron chi connectivity index (χ1n) is 16.3. The molecule has 1 atom stereocenters. The molecule has 0 saturated heterocycles. The molecule has 1 unspecified atom stereocenters.